The Balaban J connectivity index is 2.41. The lowest BCUT2D eigenvalue weighted by Gasteiger charge is -2.29. The van der Waals surface area contributed by atoms with Crippen LogP contribution < -0.4 is 0 Å². The fraction of sp³-hybridized carbons (Fsp3) is 0.900. The van der Waals surface area contributed by atoms with Crippen molar-refractivity contribution in [3.05, 3.63) is 0 Å². The molecule has 0 aliphatic carbocycles. The molecule has 1 N–H and O–H groups in total. The number of ether oxygens (including phenoxy) is 1. The Labute approximate surface area is 79.1 Å². The minimum absolute atomic E-state index is 0.0626. The van der Waals surface area contributed by atoms with Crippen molar-refractivity contribution >= 4 is 5.78 Å². The van der Waals surface area contributed by atoms with Crippen LogP contribution in [0.1, 0.15) is 39.5 Å². The lowest BCUT2D eigenvalue weighted by atomic mass is 9.91. The number of rotatable bonds is 3. The number of hydrogen-bond acceptors (Lipinski definition) is 3. The Hall–Kier alpha value is -0.410. The first-order chi connectivity index (χ1) is 6.02. The van der Waals surface area contributed by atoms with Gasteiger partial charge in [-0.2, -0.15) is 0 Å². The smallest absolute Gasteiger partial charge is 0.161 e. The van der Waals surface area contributed by atoms with Crippen molar-refractivity contribution in [3.63, 3.8) is 0 Å². The molecule has 2 unspecified atom stereocenters. The average Bonchev–Trinajstić information content (AvgIpc) is 2.05. The summed E-state index contributed by atoms with van der Waals surface area (Å²) in [4.78, 5) is 11.0. The molecule has 0 aromatic rings. The van der Waals surface area contributed by atoms with Gasteiger partial charge in [0.25, 0.3) is 0 Å². The van der Waals surface area contributed by atoms with Crippen LogP contribution in [0.2, 0.25) is 0 Å². The molecular formula is C10H18O3. The summed E-state index contributed by atoms with van der Waals surface area (Å²) in [6.07, 6.45) is 3.69. The van der Waals surface area contributed by atoms with Gasteiger partial charge in [-0.3, -0.25) is 4.79 Å². The lowest BCUT2D eigenvalue weighted by Crippen LogP contribution is -2.38. The fourth-order valence-corrected chi connectivity index (χ4v) is 1.56. The van der Waals surface area contributed by atoms with Crippen LogP contribution in [0.5, 0.6) is 0 Å². The number of ketones is 1. The molecule has 0 amide bonds. The van der Waals surface area contributed by atoms with Gasteiger partial charge in [0.15, 0.2) is 5.78 Å². The lowest BCUT2D eigenvalue weighted by molar-refractivity contribution is -0.138. The minimum Gasteiger partial charge on any atom is -0.382 e. The van der Waals surface area contributed by atoms with Gasteiger partial charge in [-0.05, 0) is 33.1 Å². The van der Waals surface area contributed by atoms with Crippen LogP contribution in [0, 0.1) is 0 Å². The van der Waals surface area contributed by atoms with Crippen molar-refractivity contribution in [2.75, 3.05) is 6.61 Å². The molecule has 1 aliphatic heterocycles. The summed E-state index contributed by atoms with van der Waals surface area (Å²) in [7, 11) is 0. The van der Waals surface area contributed by atoms with Crippen LogP contribution in [-0.4, -0.2) is 29.2 Å². The maximum Gasteiger partial charge on any atom is 0.161 e. The number of Topliss-reactive ketones (excluding diaryl/α,β-unsaturated/α-hetero) is 1. The van der Waals surface area contributed by atoms with Crippen LogP contribution in [0.15, 0.2) is 0 Å². The minimum atomic E-state index is -1.21. The highest BCUT2D eigenvalue weighted by Gasteiger charge is 2.31. The third-order valence-corrected chi connectivity index (χ3v) is 2.66. The second kappa shape index (κ2) is 4.20. The summed E-state index contributed by atoms with van der Waals surface area (Å²) in [6, 6.07) is 0. The van der Waals surface area contributed by atoms with E-state index in [0.717, 1.165) is 25.9 Å². The summed E-state index contributed by atoms with van der Waals surface area (Å²) >= 11 is 0. The van der Waals surface area contributed by atoms with Crippen molar-refractivity contribution in [1.29, 1.82) is 0 Å². The van der Waals surface area contributed by atoms with Crippen molar-refractivity contribution in [3.8, 4) is 0 Å². The van der Waals surface area contributed by atoms with Crippen LogP contribution >= 0.6 is 0 Å². The van der Waals surface area contributed by atoms with E-state index in [1.165, 1.54) is 6.92 Å². The molecule has 0 bridgehead atoms. The van der Waals surface area contributed by atoms with Gasteiger partial charge in [0.2, 0.25) is 0 Å². The largest absolute Gasteiger partial charge is 0.382 e. The van der Waals surface area contributed by atoms with Gasteiger partial charge in [-0.1, -0.05) is 0 Å². The summed E-state index contributed by atoms with van der Waals surface area (Å²) < 4.78 is 5.45. The molecule has 3 heteroatoms. The van der Waals surface area contributed by atoms with Crippen LogP contribution in [0.3, 0.4) is 0 Å². The monoisotopic (exact) mass is 186 g/mol. The van der Waals surface area contributed by atoms with Gasteiger partial charge in [0.1, 0.15) is 5.60 Å². The topological polar surface area (TPSA) is 46.5 Å². The van der Waals surface area contributed by atoms with Gasteiger partial charge >= 0.3 is 0 Å². The molecule has 13 heavy (non-hydrogen) atoms. The molecule has 0 radical (unpaired) electrons. The number of hydrogen-bond donors (Lipinski definition) is 1. The molecule has 0 aromatic heterocycles. The molecule has 0 saturated carbocycles. The Kier molecular flexibility index (Phi) is 3.45. The zero-order valence-electron chi connectivity index (χ0n) is 8.38. The molecule has 0 spiro atoms. The first-order valence-corrected chi connectivity index (χ1v) is 4.87. The maximum atomic E-state index is 11.0. The highest BCUT2D eigenvalue weighted by atomic mass is 16.5. The van der Waals surface area contributed by atoms with Crippen molar-refractivity contribution in [1.82, 2.24) is 0 Å². The molecule has 0 aromatic carbocycles. The highest BCUT2D eigenvalue weighted by molar-refractivity contribution is 5.84. The van der Waals surface area contributed by atoms with E-state index in [1.54, 1.807) is 6.92 Å². The first kappa shape index (κ1) is 10.7. The fourth-order valence-electron chi connectivity index (χ4n) is 1.56. The molecular weight excluding hydrogens is 168 g/mol. The number of carbonyl (C=O) groups excluding carboxylic acids is 1. The summed E-state index contributed by atoms with van der Waals surface area (Å²) in [5.74, 6) is -0.179. The Morgan fingerprint density at radius 3 is 2.77 bits per heavy atom. The SMILES string of the molecule is CC(=O)C(C)(O)CC1CCCCO1. The third-order valence-electron chi connectivity index (χ3n) is 2.66. The highest BCUT2D eigenvalue weighted by Crippen LogP contribution is 2.22. The molecule has 1 aliphatic rings. The average molecular weight is 186 g/mol. The second-order valence-corrected chi connectivity index (χ2v) is 4.02. The predicted molar refractivity (Wildman–Crippen MR) is 49.5 cm³/mol. The molecule has 1 heterocycles. The van der Waals surface area contributed by atoms with E-state index in [2.05, 4.69) is 0 Å². The van der Waals surface area contributed by atoms with Crippen molar-refractivity contribution < 1.29 is 14.6 Å². The van der Waals surface area contributed by atoms with Crippen molar-refractivity contribution in [2.45, 2.75) is 51.2 Å². The van der Waals surface area contributed by atoms with Gasteiger partial charge in [-0.15, -0.1) is 0 Å². The van der Waals surface area contributed by atoms with E-state index in [0.29, 0.717) is 6.42 Å². The maximum absolute atomic E-state index is 11.0. The van der Waals surface area contributed by atoms with Gasteiger partial charge in [0.05, 0.1) is 6.10 Å². The molecule has 1 fully saturated rings. The van der Waals surface area contributed by atoms with Crippen LogP contribution in [-0.2, 0) is 9.53 Å². The third kappa shape index (κ3) is 3.08. The van der Waals surface area contributed by atoms with E-state index >= 15 is 0 Å². The Morgan fingerprint density at radius 2 is 2.31 bits per heavy atom. The molecule has 3 nitrogen and oxygen atoms in total. The van der Waals surface area contributed by atoms with Crippen LogP contribution in [0.25, 0.3) is 0 Å². The predicted octanol–water partition coefficient (Wildman–Crippen LogP) is 1.29. The van der Waals surface area contributed by atoms with E-state index in [-0.39, 0.29) is 11.9 Å². The Morgan fingerprint density at radius 1 is 1.62 bits per heavy atom. The van der Waals surface area contributed by atoms with E-state index in [9.17, 15) is 9.90 Å². The zero-order valence-corrected chi connectivity index (χ0v) is 8.38. The number of aliphatic hydroxyl groups is 1. The molecule has 1 saturated heterocycles. The van der Waals surface area contributed by atoms with Gasteiger partial charge in [0, 0.05) is 13.0 Å². The zero-order chi connectivity index (χ0) is 9.90. The first-order valence-electron chi connectivity index (χ1n) is 4.87. The number of carbonyl (C=O) groups is 1. The standard InChI is InChI=1S/C10H18O3/c1-8(11)10(2,12)7-9-5-3-4-6-13-9/h9,12H,3-7H2,1-2H3. The van der Waals surface area contributed by atoms with E-state index < -0.39 is 5.60 Å². The normalized spacial score (nSPS) is 28.1. The van der Waals surface area contributed by atoms with Gasteiger partial charge < -0.3 is 9.84 Å². The molecule has 76 valence electrons. The van der Waals surface area contributed by atoms with Gasteiger partial charge in [-0.25, -0.2) is 0 Å². The quantitative estimate of drug-likeness (QED) is 0.722. The summed E-state index contributed by atoms with van der Waals surface area (Å²) in [5.41, 5.74) is -1.21. The van der Waals surface area contributed by atoms with Crippen molar-refractivity contribution in [2.24, 2.45) is 0 Å². The summed E-state index contributed by atoms with van der Waals surface area (Å²) in [6.45, 7) is 3.74. The Bertz CT molecular complexity index is 181. The van der Waals surface area contributed by atoms with E-state index in [1.807, 2.05) is 0 Å². The van der Waals surface area contributed by atoms with E-state index in [4.69, 9.17) is 4.74 Å². The second-order valence-electron chi connectivity index (χ2n) is 4.02. The van der Waals surface area contributed by atoms with Crippen LogP contribution in [0.4, 0.5) is 0 Å². The molecule has 1 rings (SSSR count). The molecule has 2 atom stereocenters. The summed E-state index contributed by atoms with van der Waals surface area (Å²) in [5, 5.41) is 9.71.